The quantitative estimate of drug-likeness (QED) is 0.0139. The van der Waals surface area contributed by atoms with E-state index in [-0.39, 0.29) is 36.4 Å². The van der Waals surface area contributed by atoms with E-state index in [0.717, 1.165) is 41.0 Å². The lowest BCUT2D eigenvalue weighted by molar-refractivity contribution is -0.139. The highest BCUT2D eigenvalue weighted by Crippen LogP contribution is 2.37. The number of fused-ring (bicyclic) bond motifs is 3. The molecule has 6 aromatic carbocycles. The van der Waals surface area contributed by atoms with Gasteiger partial charge in [0, 0.05) is 37.7 Å². The van der Waals surface area contributed by atoms with Gasteiger partial charge >= 0.3 is 11.9 Å². The number of aromatic hydroxyl groups is 3. The number of carbonyl (C=O) groups is 2. The summed E-state index contributed by atoms with van der Waals surface area (Å²) in [5, 5.41) is 67.3. The first-order valence-electron chi connectivity index (χ1n) is 26.2. The zero-order valence-electron chi connectivity index (χ0n) is 47.3. The molecule has 0 aliphatic rings. The maximum atomic E-state index is 11.4. The molecule has 0 fully saturated rings. The van der Waals surface area contributed by atoms with E-state index in [2.05, 4.69) is 63.0 Å². The molecule has 85 heavy (non-hydrogen) atoms. The van der Waals surface area contributed by atoms with Gasteiger partial charge in [0.2, 0.25) is 0 Å². The van der Waals surface area contributed by atoms with E-state index in [1.54, 1.807) is 111 Å². The number of aryl methyl sites for hydroxylation is 2. The van der Waals surface area contributed by atoms with E-state index in [1.807, 2.05) is 12.1 Å². The molecule has 0 atom stereocenters. The number of aliphatic hydroxyl groups is 1. The minimum Gasteiger partial charge on any atom is -0.503 e. The number of halogens is 3. The molecule has 20 nitrogen and oxygen atoms in total. The van der Waals surface area contributed by atoms with E-state index < -0.39 is 5.97 Å². The summed E-state index contributed by atoms with van der Waals surface area (Å²) in [7, 11) is 4.49. The fourth-order valence-corrected chi connectivity index (χ4v) is 9.04. The van der Waals surface area contributed by atoms with Crippen LogP contribution < -0.4 is 14.2 Å². The number of hydrogen-bond donors (Lipinski definition) is 5. The molecular formula is C60H64Cl3N9O11S2. The third-order valence-corrected chi connectivity index (χ3v) is 13.8. The molecule has 25 heteroatoms. The van der Waals surface area contributed by atoms with Gasteiger partial charge < -0.3 is 44.1 Å². The van der Waals surface area contributed by atoms with Crippen molar-refractivity contribution in [3.05, 3.63) is 160 Å². The summed E-state index contributed by atoms with van der Waals surface area (Å²) >= 11 is 23.4. The summed E-state index contributed by atoms with van der Waals surface area (Å²) in [6.45, 7) is 14.9. The SMILES string of the molecule is C=C(C)C(=O)OCCCc1cc(OC)c(O)c(-n2nc3ccc(Cl)cc3n2)c1.C=C(C)C(=O)OCCSCCCc1cc(OC)c(O)c(-n2nc3ccc(Cl)cc3n2)c1.C=CCc1cc(OC)c(O)c(-n2nc3ccc(Cl)cc3n2)c1.OCCS. The third kappa shape index (κ3) is 18.5. The number of methoxy groups -OCH3 is 3. The average Bonchev–Trinajstić information content (AvgIpc) is 3.98. The van der Waals surface area contributed by atoms with Crippen LogP contribution in [0.25, 0.3) is 50.2 Å². The Morgan fingerprint density at radius 2 is 0.906 bits per heavy atom. The van der Waals surface area contributed by atoms with Gasteiger partial charge in [0.1, 0.15) is 56.8 Å². The Morgan fingerprint density at radius 3 is 1.27 bits per heavy atom. The van der Waals surface area contributed by atoms with Crippen LogP contribution >= 0.6 is 59.2 Å². The lowest BCUT2D eigenvalue weighted by Crippen LogP contribution is -2.07. The van der Waals surface area contributed by atoms with Gasteiger partial charge in [-0.05, 0) is 159 Å². The number of phenols is 3. The minimum atomic E-state index is -0.407. The molecule has 0 aliphatic heterocycles. The van der Waals surface area contributed by atoms with Crippen molar-refractivity contribution in [2.24, 2.45) is 0 Å². The van der Waals surface area contributed by atoms with Gasteiger partial charge in [-0.1, -0.05) is 54.0 Å². The number of allylic oxidation sites excluding steroid dienone is 1. The highest BCUT2D eigenvalue weighted by molar-refractivity contribution is 7.99. The second-order valence-corrected chi connectivity index (χ2v) is 21.4. The van der Waals surface area contributed by atoms with Crippen LogP contribution in [-0.2, 0) is 38.3 Å². The van der Waals surface area contributed by atoms with Crippen molar-refractivity contribution < 1.29 is 53.7 Å². The first-order valence-corrected chi connectivity index (χ1v) is 29.1. The Balaban J connectivity index is 0.000000200. The Bertz CT molecular complexity index is 3820. The third-order valence-electron chi connectivity index (χ3n) is 11.9. The van der Waals surface area contributed by atoms with Crippen LogP contribution in [0, 0.1) is 0 Å². The molecule has 0 spiro atoms. The van der Waals surface area contributed by atoms with Crippen LogP contribution in [0.15, 0.2) is 128 Å². The fraction of sp³-hybridized carbons (Fsp3) is 0.267. The van der Waals surface area contributed by atoms with Crippen molar-refractivity contribution in [2.45, 2.75) is 46.0 Å². The van der Waals surface area contributed by atoms with Crippen LogP contribution in [0.5, 0.6) is 34.5 Å². The van der Waals surface area contributed by atoms with Crippen LogP contribution in [-0.4, -0.2) is 136 Å². The Morgan fingerprint density at radius 1 is 0.553 bits per heavy atom. The van der Waals surface area contributed by atoms with E-state index in [4.69, 9.17) is 63.6 Å². The Hall–Kier alpha value is -7.99. The summed E-state index contributed by atoms with van der Waals surface area (Å²) in [5.41, 5.74) is 8.81. The standard InChI is InChI=1S/C22H24ClN3O4S.C20H20ClN3O4.C16H14ClN3O2.C2H6OS/c1-14(2)22(28)30-8-10-31-9-4-5-15-11-19(21(27)20(12-15)29-3)26-24-17-7-6-16(23)13-18(17)25-26;1-12(2)20(26)28-8-4-5-13-9-17(19(25)18(10-13)27-3)24-22-15-7-6-14(21)11-16(15)23-24;1-3-4-10-7-14(16(21)15(8-10)22-2)20-18-12-6-5-11(17)9-13(12)19-20;3-1-2-4/h6-7,11-13,27H,1,4-5,8-10H2,2-3H3;6-7,9-11,25H,1,4-5,8H2,2-3H3;3,5-9,21H,1,4H2,2H3;3-4H,1-2H2. The molecule has 9 rings (SSSR count). The molecule has 0 aliphatic carbocycles. The minimum absolute atomic E-state index is 0.0123. The number of nitrogens with zero attached hydrogens (tertiary/aromatic N) is 9. The number of benzene rings is 6. The monoisotopic (exact) mass is 1260 g/mol. The number of hydrogen-bond acceptors (Lipinski definition) is 19. The van der Waals surface area contributed by atoms with Crippen LogP contribution in [0.2, 0.25) is 15.1 Å². The average molecular weight is 1260 g/mol. The van der Waals surface area contributed by atoms with Gasteiger partial charge in [0.15, 0.2) is 34.5 Å². The molecule has 0 bridgehead atoms. The number of rotatable bonds is 22. The maximum absolute atomic E-state index is 11.4. The van der Waals surface area contributed by atoms with Crippen molar-refractivity contribution >= 4 is 104 Å². The Kier molecular flexibility index (Phi) is 25.2. The van der Waals surface area contributed by atoms with Crippen LogP contribution in [0.3, 0.4) is 0 Å². The van der Waals surface area contributed by atoms with Gasteiger partial charge in [-0.2, -0.15) is 24.4 Å². The first kappa shape index (κ1) is 66.2. The smallest absolute Gasteiger partial charge is 0.333 e. The van der Waals surface area contributed by atoms with Gasteiger partial charge in [0.05, 0.1) is 34.5 Å². The maximum Gasteiger partial charge on any atom is 0.333 e. The number of aromatic nitrogens is 9. The lowest BCUT2D eigenvalue weighted by atomic mass is 10.1. The number of carbonyl (C=O) groups excluding carboxylic acids is 2. The van der Waals surface area contributed by atoms with Crippen LogP contribution in [0.1, 0.15) is 43.4 Å². The zero-order chi connectivity index (χ0) is 61.7. The number of phenolic OH excluding ortho intramolecular Hbond substituents is 3. The highest BCUT2D eigenvalue weighted by Gasteiger charge is 2.19. The number of esters is 2. The molecule has 0 saturated heterocycles. The molecule has 4 N–H and O–H groups in total. The normalized spacial score (nSPS) is 10.7. The van der Waals surface area contributed by atoms with E-state index in [9.17, 15) is 24.9 Å². The lowest BCUT2D eigenvalue weighted by Gasteiger charge is -2.11. The number of thiol groups is 1. The molecule has 9 aromatic rings. The largest absolute Gasteiger partial charge is 0.503 e. The van der Waals surface area contributed by atoms with Gasteiger partial charge in [-0.15, -0.1) is 51.6 Å². The Labute approximate surface area is 515 Å². The van der Waals surface area contributed by atoms with E-state index >= 15 is 0 Å². The van der Waals surface area contributed by atoms with Crippen molar-refractivity contribution in [3.8, 4) is 51.6 Å². The topological polar surface area (TPSA) is 253 Å². The van der Waals surface area contributed by atoms with E-state index in [1.165, 1.54) is 35.7 Å². The van der Waals surface area contributed by atoms with Crippen molar-refractivity contribution in [2.75, 3.05) is 58.4 Å². The summed E-state index contributed by atoms with van der Waals surface area (Å²) in [5.74, 6) is 2.40. The second-order valence-electron chi connectivity index (χ2n) is 18.5. The summed E-state index contributed by atoms with van der Waals surface area (Å²) in [6, 6.07) is 26.5. The number of ether oxygens (including phenoxy) is 5. The van der Waals surface area contributed by atoms with Gasteiger partial charge in [-0.25, -0.2) is 9.59 Å². The summed E-state index contributed by atoms with van der Waals surface area (Å²) < 4.78 is 26.0. The molecule has 0 amide bonds. The van der Waals surface area contributed by atoms with Crippen molar-refractivity contribution in [1.82, 2.24) is 45.0 Å². The van der Waals surface area contributed by atoms with Crippen molar-refractivity contribution in [3.63, 3.8) is 0 Å². The predicted octanol–water partition coefficient (Wildman–Crippen LogP) is 11.8. The van der Waals surface area contributed by atoms with Gasteiger partial charge in [-0.3, -0.25) is 0 Å². The molecule has 3 heterocycles. The number of thioether (sulfide) groups is 1. The molecular weight excluding hydrogens is 1190 g/mol. The number of aliphatic hydroxyl groups excluding tert-OH is 1. The predicted molar refractivity (Wildman–Crippen MR) is 337 cm³/mol. The molecule has 448 valence electrons. The fourth-order valence-electron chi connectivity index (χ4n) is 7.79. The van der Waals surface area contributed by atoms with Crippen LogP contribution in [0.4, 0.5) is 0 Å². The highest BCUT2D eigenvalue weighted by atomic mass is 35.5. The van der Waals surface area contributed by atoms with E-state index in [0.29, 0.717) is 125 Å². The summed E-state index contributed by atoms with van der Waals surface area (Å²) in [4.78, 5) is 26.9. The second kappa shape index (κ2) is 32.3. The molecule has 0 radical (unpaired) electrons. The van der Waals surface area contributed by atoms with Gasteiger partial charge in [0.25, 0.3) is 0 Å². The zero-order valence-corrected chi connectivity index (χ0v) is 51.3. The summed E-state index contributed by atoms with van der Waals surface area (Å²) in [6.07, 6.45) is 5.35. The molecule has 0 unspecified atom stereocenters. The van der Waals surface area contributed by atoms with Crippen molar-refractivity contribution in [1.29, 1.82) is 0 Å². The molecule has 3 aromatic heterocycles. The first-order chi connectivity index (χ1) is 40.8. The molecule has 0 saturated carbocycles.